The van der Waals surface area contributed by atoms with Gasteiger partial charge in [-0.3, -0.25) is 0 Å². The van der Waals surface area contributed by atoms with Crippen LogP contribution in [0.5, 0.6) is 5.75 Å². The molecule has 88 valence electrons. The van der Waals surface area contributed by atoms with Gasteiger partial charge < -0.3 is 9.47 Å². The van der Waals surface area contributed by atoms with E-state index in [0.717, 1.165) is 7.11 Å². The Hall–Kier alpha value is -0.990. The first kappa shape index (κ1) is 13.1. The largest absolute Gasteiger partial charge is 0.573 e. The van der Waals surface area contributed by atoms with Crippen LogP contribution in [0.25, 0.3) is 0 Å². The highest BCUT2D eigenvalue weighted by Crippen LogP contribution is 2.31. The van der Waals surface area contributed by atoms with Gasteiger partial charge in [-0.2, -0.15) is 0 Å². The fraction of sp³-hybridized carbons (Fsp3) is 0.222. The number of alkyl halides is 3. The Kier molecular flexibility index (Phi) is 4.00. The van der Waals surface area contributed by atoms with Crippen LogP contribution >= 0.6 is 22.6 Å². The van der Waals surface area contributed by atoms with E-state index in [0.29, 0.717) is 0 Å². The fourth-order valence-electron chi connectivity index (χ4n) is 0.999. The smallest absolute Gasteiger partial charge is 0.465 e. The molecule has 7 heteroatoms. The molecule has 0 N–H and O–H groups in total. The van der Waals surface area contributed by atoms with Crippen molar-refractivity contribution in [2.24, 2.45) is 0 Å². The molecular weight excluding hydrogens is 340 g/mol. The standard InChI is InChI=1S/C9H6F3IO3/c1-15-8(14)5-3-2-4-6(13)7(5)16-9(10,11)12/h2-4H,1H3. The molecule has 3 nitrogen and oxygen atoms in total. The van der Waals surface area contributed by atoms with Gasteiger partial charge in [-0.1, -0.05) is 6.07 Å². The zero-order chi connectivity index (χ0) is 12.3. The van der Waals surface area contributed by atoms with Crippen molar-refractivity contribution in [3.05, 3.63) is 27.3 Å². The van der Waals surface area contributed by atoms with Gasteiger partial charge in [-0.05, 0) is 34.7 Å². The summed E-state index contributed by atoms with van der Waals surface area (Å²) in [7, 11) is 1.08. The lowest BCUT2D eigenvalue weighted by Crippen LogP contribution is -2.20. The van der Waals surface area contributed by atoms with Crippen LogP contribution in [0.2, 0.25) is 0 Å². The van der Waals surface area contributed by atoms with Gasteiger partial charge in [-0.15, -0.1) is 13.2 Å². The zero-order valence-electron chi connectivity index (χ0n) is 7.97. The number of ether oxygens (including phenoxy) is 2. The van der Waals surface area contributed by atoms with Crippen molar-refractivity contribution in [3.8, 4) is 5.75 Å². The third-order valence-electron chi connectivity index (χ3n) is 1.59. The first-order valence-corrected chi connectivity index (χ1v) is 5.05. The lowest BCUT2D eigenvalue weighted by atomic mass is 10.2. The average molecular weight is 346 g/mol. The molecular formula is C9H6F3IO3. The predicted octanol–water partition coefficient (Wildman–Crippen LogP) is 2.98. The number of hydrogen-bond acceptors (Lipinski definition) is 3. The Morgan fingerprint density at radius 2 is 2.00 bits per heavy atom. The highest BCUT2D eigenvalue weighted by Gasteiger charge is 2.34. The molecule has 0 saturated heterocycles. The third kappa shape index (κ3) is 3.26. The monoisotopic (exact) mass is 346 g/mol. The van der Waals surface area contributed by atoms with Crippen LogP contribution < -0.4 is 4.74 Å². The number of para-hydroxylation sites is 1. The van der Waals surface area contributed by atoms with E-state index in [1.54, 1.807) is 22.6 Å². The summed E-state index contributed by atoms with van der Waals surface area (Å²) in [4.78, 5) is 11.2. The summed E-state index contributed by atoms with van der Waals surface area (Å²) in [6.45, 7) is 0. The molecule has 0 saturated carbocycles. The summed E-state index contributed by atoms with van der Waals surface area (Å²) in [6, 6.07) is 4.04. The second-order valence-corrected chi connectivity index (χ2v) is 3.82. The number of esters is 1. The van der Waals surface area contributed by atoms with Gasteiger partial charge >= 0.3 is 12.3 Å². The van der Waals surface area contributed by atoms with Crippen LogP contribution in [-0.4, -0.2) is 19.4 Å². The van der Waals surface area contributed by atoms with Crippen molar-refractivity contribution < 1.29 is 27.4 Å². The van der Waals surface area contributed by atoms with Gasteiger partial charge in [0.25, 0.3) is 0 Å². The Bertz CT molecular complexity index is 403. The molecule has 0 aliphatic carbocycles. The highest BCUT2D eigenvalue weighted by atomic mass is 127. The number of halogens is 4. The number of benzene rings is 1. The highest BCUT2D eigenvalue weighted by molar-refractivity contribution is 14.1. The van der Waals surface area contributed by atoms with Crippen molar-refractivity contribution in [2.45, 2.75) is 6.36 Å². The number of methoxy groups -OCH3 is 1. The SMILES string of the molecule is COC(=O)c1cccc(I)c1OC(F)(F)F. The summed E-state index contributed by atoms with van der Waals surface area (Å²) < 4.78 is 44.6. The second kappa shape index (κ2) is 4.89. The Labute approximate surface area is 103 Å². The van der Waals surface area contributed by atoms with Gasteiger partial charge in [0.2, 0.25) is 0 Å². The van der Waals surface area contributed by atoms with E-state index in [1.165, 1.54) is 18.2 Å². The van der Waals surface area contributed by atoms with Gasteiger partial charge in [0.1, 0.15) is 5.56 Å². The zero-order valence-corrected chi connectivity index (χ0v) is 10.1. The van der Waals surface area contributed by atoms with E-state index >= 15 is 0 Å². The quantitative estimate of drug-likeness (QED) is 0.610. The van der Waals surface area contributed by atoms with Crippen LogP contribution in [-0.2, 0) is 4.74 Å². The first-order chi connectivity index (χ1) is 7.35. The molecule has 0 heterocycles. The van der Waals surface area contributed by atoms with Gasteiger partial charge in [0.15, 0.2) is 5.75 Å². The molecule has 0 spiro atoms. The van der Waals surface area contributed by atoms with E-state index in [1.807, 2.05) is 0 Å². The summed E-state index contributed by atoms with van der Waals surface area (Å²) in [5.74, 6) is -1.42. The van der Waals surface area contributed by atoms with Crippen LogP contribution in [0.1, 0.15) is 10.4 Å². The summed E-state index contributed by atoms with van der Waals surface area (Å²) in [6.07, 6.45) is -4.84. The van der Waals surface area contributed by atoms with E-state index < -0.39 is 18.1 Å². The maximum atomic E-state index is 12.1. The minimum atomic E-state index is -4.84. The molecule has 16 heavy (non-hydrogen) atoms. The summed E-state index contributed by atoms with van der Waals surface area (Å²) in [5.41, 5.74) is -0.258. The van der Waals surface area contributed by atoms with Crippen LogP contribution in [0.3, 0.4) is 0 Å². The molecule has 0 aromatic heterocycles. The van der Waals surface area contributed by atoms with E-state index in [4.69, 9.17) is 0 Å². The van der Waals surface area contributed by atoms with Gasteiger partial charge in [0.05, 0.1) is 10.7 Å². The van der Waals surface area contributed by atoms with Crippen LogP contribution in [0.4, 0.5) is 13.2 Å². The van der Waals surface area contributed by atoms with Crippen molar-refractivity contribution in [3.63, 3.8) is 0 Å². The average Bonchev–Trinajstić information content (AvgIpc) is 2.18. The van der Waals surface area contributed by atoms with Crippen LogP contribution in [0, 0.1) is 3.57 Å². The minimum absolute atomic E-state index is 0.179. The van der Waals surface area contributed by atoms with Gasteiger partial charge in [0, 0.05) is 0 Å². The molecule has 1 aromatic rings. The third-order valence-corrected chi connectivity index (χ3v) is 2.44. The van der Waals surface area contributed by atoms with E-state index in [9.17, 15) is 18.0 Å². The molecule has 0 aliphatic rings. The molecule has 0 radical (unpaired) electrons. The number of carbonyl (C=O) groups excluding carboxylic acids is 1. The molecule has 0 amide bonds. The topological polar surface area (TPSA) is 35.5 Å². The van der Waals surface area contributed by atoms with Crippen LogP contribution in [0.15, 0.2) is 18.2 Å². The van der Waals surface area contributed by atoms with E-state index in [2.05, 4.69) is 9.47 Å². The van der Waals surface area contributed by atoms with Crippen molar-refractivity contribution >= 4 is 28.6 Å². The number of carbonyl (C=O) groups is 1. The lowest BCUT2D eigenvalue weighted by molar-refractivity contribution is -0.275. The molecule has 1 aromatic carbocycles. The molecule has 0 aliphatic heterocycles. The number of hydrogen-bond donors (Lipinski definition) is 0. The maximum absolute atomic E-state index is 12.1. The maximum Gasteiger partial charge on any atom is 0.573 e. The molecule has 0 unspecified atom stereocenters. The summed E-state index contributed by atoms with van der Waals surface area (Å²) in [5, 5.41) is 0. The lowest BCUT2D eigenvalue weighted by Gasteiger charge is -2.13. The molecule has 0 atom stereocenters. The summed E-state index contributed by atoms with van der Waals surface area (Å²) >= 11 is 1.64. The van der Waals surface area contributed by atoms with Crippen molar-refractivity contribution in [2.75, 3.05) is 7.11 Å². The minimum Gasteiger partial charge on any atom is -0.465 e. The van der Waals surface area contributed by atoms with E-state index in [-0.39, 0.29) is 9.13 Å². The molecule has 0 bridgehead atoms. The Balaban J connectivity index is 3.19. The normalized spacial score (nSPS) is 11.1. The van der Waals surface area contributed by atoms with Gasteiger partial charge in [-0.25, -0.2) is 4.79 Å². The predicted molar refractivity (Wildman–Crippen MR) is 57.2 cm³/mol. The van der Waals surface area contributed by atoms with Crippen molar-refractivity contribution in [1.82, 2.24) is 0 Å². The fourth-order valence-corrected chi connectivity index (χ4v) is 1.61. The molecule has 1 rings (SSSR count). The molecule has 0 fully saturated rings. The first-order valence-electron chi connectivity index (χ1n) is 3.97. The number of rotatable bonds is 2. The Morgan fingerprint density at radius 3 is 2.50 bits per heavy atom. The Morgan fingerprint density at radius 1 is 1.38 bits per heavy atom. The van der Waals surface area contributed by atoms with Crippen molar-refractivity contribution in [1.29, 1.82) is 0 Å². The second-order valence-electron chi connectivity index (χ2n) is 2.66.